The van der Waals surface area contributed by atoms with Crippen LogP contribution in [-0.4, -0.2) is 54.2 Å². The molecule has 0 aliphatic carbocycles. The van der Waals surface area contributed by atoms with Crippen LogP contribution in [0, 0.1) is 0 Å². The fraction of sp³-hybridized carbons (Fsp3) is 0.750. The zero-order valence-corrected chi connectivity index (χ0v) is 10.5. The van der Waals surface area contributed by atoms with Crippen LogP contribution in [-0.2, 0) is 4.74 Å². The summed E-state index contributed by atoms with van der Waals surface area (Å²) in [5.41, 5.74) is 0. The smallest absolute Gasteiger partial charge is 0.410 e. The van der Waals surface area contributed by atoms with Gasteiger partial charge in [0.2, 0.25) is 0 Å². The fourth-order valence-corrected chi connectivity index (χ4v) is 2.08. The van der Waals surface area contributed by atoms with Crippen molar-refractivity contribution in [3.63, 3.8) is 0 Å². The summed E-state index contributed by atoms with van der Waals surface area (Å²) < 4.78 is 5.04. The maximum atomic E-state index is 11.7. The molecule has 0 saturated carbocycles. The van der Waals surface area contributed by atoms with E-state index in [2.05, 4.69) is 25.3 Å². The first-order valence-corrected chi connectivity index (χ1v) is 5.88. The largest absolute Gasteiger partial charge is 0.450 e. The van der Waals surface area contributed by atoms with Gasteiger partial charge >= 0.3 is 6.09 Å². The molecule has 1 fully saturated rings. The minimum Gasteiger partial charge on any atom is -0.450 e. The van der Waals surface area contributed by atoms with Gasteiger partial charge in [-0.1, -0.05) is 6.08 Å². The molecule has 0 unspecified atom stereocenters. The first-order valence-electron chi connectivity index (χ1n) is 5.88. The molecule has 1 aliphatic rings. The lowest BCUT2D eigenvalue weighted by Crippen LogP contribution is -2.58. The van der Waals surface area contributed by atoms with E-state index in [1.807, 2.05) is 17.9 Å². The van der Waals surface area contributed by atoms with E-state index in [1.165, 1.54) is 0 Å². The molecule has 16 heavy (non-hydrogen) atoms. The van der Waals surface area contributed by atoms with Crippen LogP contribution in [0.25, 0.3) is 0 Å². The highest BCUT2D eigenvalue weighted by atomic mass is 16.6. The summed E-state index contributed by atoms with van der Waals surface area (Å²) in [7, 11) is 0. The topological polar surface area (TPSA) is 32.8 Å². The number of carbonyl (C=O) groups is 1. The van der Waals surface area contributed by atoms with E-state index in [0.29, 0.717) is 12.6 Å². The average Bonchev–Trinajstić information content (AvgIpc) is 2.23. The minimum atomic E-state index is -0.194. The minimum absolute atomic E-state index is 0.194. The average molecular weight is 226 g/mol. The van der Waals surface area contributed by atoms with E-state index < -0.39 is 0 Å². The summed E-state index contributed by atoms with van der Waals surface area (Å²) in [5.74, 6) is 0. The van der Waals surface area contributed by atoms with Crippen LogP contribution in [0.15, 0.2) is 12.7 Å². The number of amides is 1. The first-order chi connectivity index (χ1) is 7.60. The van der Waals surface area contributed by atoms with Crippen LogP contribution in [0.3, 0.4) is 0 Å². The third kappa shape index (κ3) is 2.98. The second kappa shape index (κ2) is 5.89. The first kappa shape index (κ1) is 13.0. The molecular formula is C12H22N2O2. The van der Waals surface area contributed by atoms with Crippen molar-refractivity contribution in [1.82, 2.24) is 9.80 Å². The Morgan fingerprint density at radius 2 is 2.12 bits per heavy atom. The van der Waals surface area contributed by atoms with Gasteiger partial charge in [0.05, 0.1) is 6.61 Å². The molecule has 1 saturated heterocycles. The van der Waals surface area contributed by atoms with E-state index in [9.17, 15) is 4.79 Å². The van der Waals surface area contributed by atoms with Gasteiger partial charge in [-0.05, 0) is 20.8 Å². The van der Waals surface area contributed by atoms with Gasteiger partial charge < -0.3 is 9.64 Å². The molecule has 1 rings (SSSR count). The molecule has 4 nitrogen and oxygen atoms in total. The molecule has 0 bridgehead atoms. The van der Waals surface area contributed by atoms with Crippen LogP contribution in [0.4, 0.5) is 4.79 Å². The van der Waals surface area contributed by atoms with E-state index in [1.54, 1.807) is 0 Å². The number of hydrogen-bond donors (Lipinski definition) is 0. The highest BCUT2D eigenvalue weighted by Gasteiger charge is 2.31. The Hall–Kier alpha value is -1.03. The van der Waals surface area contributed by atoms with Crippen LogP contribution in [0.5, 0.6) is 0 Å². The molecule has 0 radical (unpaired) electrons. The molecule has 0 spiro atoms. The lowest BCUT2D eigenvalue weighted by atomic mass is 10.1. The van der Waals surface area contributed by atoms with Crippen molar-refractivity contribution in [2.45, 2.75) is 32.9 Å². The van der Waals surface area contributed by atoms with Gasteiger partial charge in [-0.3, -0.25) is 4.90 Å². The van der Waals surface area contributed by atoms with Gasteiger partial charge in [0.1, 0.15) is 0 Å². The third-order valence-electron chi connectivity index (χ3n) is 2.98. The molecule has 2 atom stereocenters. The Kier molecular flexibility index (Phi) is 4.80. The van der Waals surface area contributed by atoms with Crippen molar-refractivity contribution in [1.29, 1.82) is 0 Å². The van der Waals surface area contributed by atoms with Crippen molar-refractivity contribution in [2.75, 3.05) is 26.2 Å². The predicted octanol–water partition coefficient (Wildman–Crippen LogP) is 1.72. The van der Waals surface area contributed by atoms with E-state index in [-0.39, 0.29) is 12.1 Å². The number of piperazine rings is 1. The maximum absolute atomic E-state index is 11.7. The number of carbonyl (C=O) groups excluding carboxylic acids is 1. The summed E-state index contributed by atoms with van der Waals surface area (Å²) in [4.78, 5) is 15.8. The Balaban J connectivity index is 2.58. The van der Waals surface area contributed by atoms with Crippen molar-refractivity contribution in [3.8, 4) is 0 Å². The van der Waals surface area contributed by atoms with Gasteiger partial charge in [-0.2, -0.15) is 0 Å². The van der Waals surface area contributed by atoms with Gasteiger partial charge in [-0.25, -0.2) is 4.79 Å². The summed E-state index contributed by atoms with van der Waals surface area (Å²) in [6, 6.07) is 0.564. The van der Waals surface area contributed by atoms with Crippen LogP contribution in [0.1, 0.15) is 20.8 Å². The lowest BCUT2D eigenvalue weighted by molar-refractivity contribution is 0.0349. The predicted molar refractivity (Wildman–Crippen MR) is 64.4 cm³/mol. The summed E-state index contributed by atoms with van der Waals surface area (Å²) in [6.45, 7) is 12.7. The number of nitrogens with zero attached hydrogens (tertiary/aromatic N) is 2. The summed E-state index contributed by atoms with van der Waals surface area (Å²) in [5, 5.41) is 0. The van der Waals surface area contributed by atoms with E-state index in [4.69, 9.17) is 4.74 Å². The highest BCUT2D eigenvalue weighted by Crippen LogP contribution is 2.15. The number of rotatable bonds is 3. The second-order valence-electron chi connectivity index (χ2n) is 4.29. The summed E-state index contributed by atoms with van der Waals surface area (Å²) >= 11 is 0. The Labute approximate surface area is 97.9 Å². The summed E-state index contributed by atoms with van der Waals surface area (Å²) in [6.07, 6.45) is 1.71. The van der Waals surface area contributed by atoms with Crippen molar-refractivity contribution in [2.24, 2.45) is 0 Å². The molecule has 0 aromatic rings. The van der Waals surface area contributed by atoms with Crippen LogP contribution >= 0.6 is 0 Å². The van der Waals surface area contributed by atoms with Crippen molar-refractivity contribution >= 4 is 6.09 Å². The quantitative estimate of drug-likeness (QED) is 0.687. The zero-order valence-electron chi connectivity index (χ0n) is 10.5. The fourth-order valence-electron chi connectivity index (χ4n) is 2.08. The van der Waals surface area contributed by atoms with Crippen molar-refractivity contribution < 1.29 is 9.53 Å². The van der Waals surface area contributed by atoms with Crippen molar-refractivity contribution in [3.05, 3.63) is 12.7 Å². The standard InChI is InChI=1S/C12H22N2O2/c1-5-7-13-8-11(4)14(9-10(13)3)12(15)16-6-2/h5,10-11H,1,6-9H2,2-4H3/t10-,11+/m0/s1. The number of hydrogen-bond acceptors (Lipinski definition) is 3. The van der Waals surface area contributed by atoms with Crippen LogP contribution < -0.4 is 0 Å². The second-order valence-corrected chi connectivity index (χ2v) is 4.29. The van der Waals surface area contributed by atoms with Gasteiger partial charge in [-0.15, -0.1) is 6.58 Å². The Morgan fingerprint density at radius 3 is 2.69 bits per heavy atom. The number of ether oxygens (including phenoxy) is 1. The maximum Gasteiger partial charge on any atom is 0.410 e. The van der Waals surface area contributed by atoms with E-state index >= 15 is 0 Å². The monoisotopic (exact) mass is 226 g/mol. The third-order valence-corrected chi connectivity index (χ3v) is 2.98. The Bertz CT molecular complexity index is 255. The normalized spacial score (nSPS) is 26.6. The SMILES string of the molecule is C=CCN1C[C@@H](C)N(C(=O)OCC)C[C@@H]1C. The zero-order chi connectivity index (χ0) is 12.1. The van der Waals surface area contributed by atoms with Gasteiger partial charge in [0, 0.05) is 31.7 Å². The Morgan fingerprint density at radius 1 is 1.44 bits per heavy atom. The van der Waals surface area contributed by atoms with Gasteiger partial charge in [0.15, 0.2) is 0 Å². The highest BCUT2D eigenvalue weighted by molar-refractivity contribution is 5.68. The van der Waals surface area contributed by atoms with E-state index in [0.717, 1.165) is 19.6 Å². The molecule has 0 aromatic heterocycles. The van der Waals surface area contributed by atoms with Crippen LogP contribution in [0.2, 0.25) is 0 Å². The molecule has 4 heteroatoms. The molecule has 0 aromatic carbocycles. The molecule has 1 aliphatic heterocycles. The molecule has 1 amide bonds. The lowest BCUT2D eigenvalue weighted by Gasteiger charge is -2.43. The molecule has 1 heterocycles. The molecule has 0 N–H and O–H groups in total. The van der Waals surface area contributed by atoms with Gasteiger partial charge in [0.25, 0.3) is 0 Å². The molecule has 92 valence electrons. The molecular weight excluding hydrogens is 204 g/mol.